The molecule has 48 heavy (non-hydrogen) atoms. The van der Waals surface area contributed by atoms with Crippen molar-refractivity contribution in [2.75, 3.05) is 0 Å². The van der Waals surface area contributed by atoms with Crippen molar-refractivity contribution in [3.8, 4) is 16.9 Å². The maximum absolute atomic E-state index is 13.3. The second kappa shape index (κ2) is 13.0. The summed E-state index contributed by atoms with van der Waals surface area (Å²) in [4.78, 5) is 17.6. The van der Waals surface area contributed by atoms with Crippen LogP contribution in [0.5, 0.6) is 5.75 Å². The van der Waals surface area contributed by atoms with Crippen molar-refractivity contribution in [3.63, 3.8) is 0 Å². The molecule has 0 saturated carbocycles. The van der Waals surface area contributed by atoms with Gasteiger partial charge in [0.25, 0.3) is 5.56 Å². The fourth-order valence-electron chi connectivity index (χ4n) is 6.89. The Hall–Kier alpha value is -5.43. The van der Waals surface area contributed by atoms with Crippen LogP contribution in [0.1, 0.15) is 47.1 Å². The first-order valence-corrected chi connectivity index (χ1v) is 16.1. The first-order chi connectivity index (χ1) is 23.3. The van der Waals surface area contributed by atoms with Crippen LogP contribution in [-0.2, 0) is 25.4 Å². The predicted octanol–water partition coefficient (Wildman–Crippen LogP) is 9.99. The largest absolute Gasteiger partial charge is 0.507 e. The number of benzene rings is 5. The molecule has 8 rings (SSSR count). The Morgan fingerprint density at radius 2 is 1.60 bits per heavy atom. The molecule has 0 radical (unpaired) electrons. The fourth-order valence-corrected chi connectivity index (χ4v) is 6.89. The van der Waals surface area contributed by atoms with Crippen LogP contribution in [0.2, 0.25) is 0 Å². The number of allylic oxidation sites excluding steroid dienone is 4. The van der Waals surface area contributed by atoms with Crippen molar-refractivity contribution in [2.45, 2.75) is 44.7 Å². The third-order valence-electron chi connectivity index (χ3n) is 9.28. The van der Waals surface area contributed by atoms with Gasteiger partial charge < -0.3 is 10.1 Å². The van der Waals surface area contributed by atoms with Gasteiger partial charge in [-0.25, -0.2) is 4.98 Å². The standard InChI is InChI=1S/C33H27F3O.C8H6N2O/c34-33(35,36)25-8-5-6-21(18-25)12-13-23-19-30-24(20-31(23)29-10-3-4-11-32(29)37)15-17-27-26-9-2-1-7-22(26)14-16-28(27)30;11-8-6-3-1-2-4-7(6)9-5-10-8/h2-6,8-11,15,17-20,37H,1,7,12-14,16H2;1-5H,(H,9,10,11). The molecular formula is C41H33F3N2O2. The van der Waals surface area contributed by atoms with Gasteiger partial charge in [0.1, 0.15) is 5.75 Å². The highest BCUT2D eigenvalue weighted by Crippen LogP contribution is 2.42. The number of aromatic hydroxyl groups is 1. The number of hydrogen-bond acceptors (Lipinski definition) is 3. The zero-order chi connectivity index (χ0) is 33.3. The van der Waals surface area contributed by atoms with E-state index in [1.165, 1.54) is 46.1 Å². The van der Waals surface area contributed by atoms with E-state index in [1.807, 2.05) is 30.3 Å². The van der Waals surface area contributed by atoms with Gasteiger partial charge in [0.05, 0.1) is 22.8 Å². The lowest BCUT2D eigenvalue weighted by Crippen LogP contribution is -2.07. The van der Waals surface area contributed by atoms with Gasteiger partial charge in [0, 0.05) is 5.56 Å². The number of aryl methyl sites for hydroxylation is 3. The molecule has 2 aliphatic rings. The molecule has 2 aliphatic carbocycles. The van der Waals surface area contributed by atoms with Gasteiger partial charge in [0.15, 0.2) is 0 Å². The van der Waals surface area contributed by atoms with Crippen molar-refractivity contribution in [1.82, 2.24) is 9.97 Å². The Morgan fingerprint density at radius 1 is 0.771 bits per heavy atom. The Kier molecular flexibility index (Phi) is 8.44. The van der Waals surface area contributed by atoms with Crippen LogP contribution >= 0.6 is 0 Å². The van der Waals surface area contributed by atoms with Gasteiger partial charge in [-0.2, -0.15) is 13.2 Å². The van der Waals surface area contributed by atoms with Gasteiger partial charge in [-0.05, 0) is 113 Å². The highest BCUT2D eigenvalue weighted by atomic mass is 19.4. The lowest BCUT2D eigenvalue weighted by atomic mass is 9.79. The Labute approximate surface area is 275 Å². The van der Waals surface area contributed by atoms with E-state index in [2.05, 4.69) is 46.4 Å². The molecular weight excluding hydrogens is 609 g/mol. The summed E-state index contributed by atoms with van der Waals surface area (Å²) < 4.78 is 39.8. The van der Waals surface area contributed by atoms with Gasteiger partial charge in [-0.15, -0.1) is 0 Å². The van der Waals surface area contributed by atoms with Crippen molar-refractivity contribution in [3.05, 3.63) is 159 Å². The topological polar surface area (TPSA) is 66.0 Å². The van der Waals surface area contributed by atoms with Crippen molar-refractivity contribution in [2.24, 2.45) is 0 Å². The molecule has 6 aromatic rings. The van der Waals surface area contributed by atoms with Crippen LogP contribution in [0, 0.1) is 0 Å². The molecule has 1 heterocycles. The van der Waals surface area contributed by atoms with Gasteiger partial charge in [-0.3, -0.25) is 4.79 Å². The quantitative estimate of drug-likeness (QED) is 0.201. The molecule has 240 valence electrons. The smallest absolute Gasteiger partial charge is 0.416 e. The lowest BCUT2D eigenvalue weighted by molar-refractivity contribution is -0.137. The molecule has 4 nitrogen and oxygen atoms in total. The Balaban J connectivity index is 0.000000280. The molecule has 0 saturated heterocycles. The number of aromatic amines is 1. The molecule has 0 unspecified atom stereocenters. The molecule has 2 N–H and O–H groups in total. The second-order valence-electron chi connectivity index (χ2n) is 12.2. The maximum atomic E-state index is 13.3. The van der Waals surface area contributed by atoms with E-state index in [4.69, 9.17) is 0 Å². The summed E-state index contributed by atoms with van der Waals surface area (Å²) in [5.74, 6) is 0.197. The van der Waals surface area contributed by atoms with Gasteiger partial charge in [0.2, 0.25) is 0 Å². The highest BCUT2D eigenvalue weighted by Gasteiger charge is 2.30. The van der Waals surface area contributed by atoms with E-state index in [0.717, 1.165) is 59.3 Å². The number of phenols is 1. The monoisotopic (exact) mass is 642 g/mol. The summed E-state index contributed by atoms with van der Waals surface area (Å²) in [7, 11) is 0. The van der Waals surface area contributed by atoms with Gasteiger partial charge >= 0.3 is 6.18 Å². The fraction of sp³-hybridized carbons (Fsp3) is 0.171. The van der Waals surface area contributed by atoms with Gasteiger partial charge in [-0.1, -0.05) is 84.5 Å². The number of fused-ring (bicyclic) bond motifs is 5. The van der Waals surface area contributed by atoms with Crippen LogP contribution < -0.4 is 5.56 Å². The summed E-state index contributed by atoms with van der Waals surface area (Å²) in [5, 5.41) is 13.6. The number of hydrogen-bond donors (Lipinski definition) is 2. The molecule has 0 fully saturated rings. The molecule has 0 spiro atoms. The normalized spacial score (nSPS) is 14.0. The van der Waals surface area contributed by atoms with Crippen LogP contribution in [0.4, 0.5) is 13.2 Å². The number of para-hydroxylation sites is 2. The summed E-state index contributed by atoms with van der Waals surface area (Å²) >= 11 is 0. The first kappa shape index (κ1) is 31.2. The summed E-state index contributed by atoms with van der Waals surface area (Å²) in [6.45, 7) is 0. The minimum atomic E-state index is -4.36. The van der Waals surface area contributed by atoms with E-state index < -0.39 is 11.7 Å². The second-order valence-corrected chi connectivity index (χ2v) is 12.2. The maximum Gasteiger partial charge on any atom is 0.416 e. The molecule has 0 aliphatic heterocycles. The number of aromatic nitrogens is 2. The zero-order valence-corrected chi connectivity index (χ0v) is 26.1. The van der Waals surface area contributed by atoms with E-state index in [9.17, 15) is 23.1 Å². The van der Waals surface area contributed by atoms with E-state index in [0.29, 0.717) is 23.8 Å². The molecule has 1 aromatic heterocycles. The number of alkyl halides is 3. The summed E-state index contributed by atoms with van der Waals surface area (Å²) in [6, 6.07) is 28.8. The Bertz CT molecular complexity index is 2280. The average molecular weight is 643 g/mol. The molecule has 5 aromatic carbocycles. The molecule has 0 amide bonds. The van der Waals surface area contributed by atoms with E-state index >= 15 is 0 Å². The molecule has 0 bridgehead atoms. The number of H-pyrrole nitrogens is 1. The number of nitrogens with zero attached hydrogens (tertiary/aromatic N) is 1. The lowest BCUT2D eigenvalue weighted by Gasteiger charge is -2.26. The van der Waals surface area contributed by atoms with Crippen molar-refractivity contribution >= 4 is 27.2 Å². The molecule has 7 heteroatoms. The van der Waals surface area contributed by atoms with Crippen LogP contribution in [0.3, 0.4) is 0 Å². The minimum Gasteiger partial charge on any atom is -0.507 e. The predicted molar refractivity (Wildman–Crippen MR) is 186 cm³/mol. The first-order valence-electron chi connectivity index (χ1n) is 16.1. The van der Waals surface area contributed by atoms with Crippen molar-refractivity contribution in [1.29, 1.82) is 0 Å². The average Bonchev–Trinajstić information content (AvgIpc) is 3.10. The van der Waals surface area contributed by atoms with Crippen LogP contribution in [0.25, 0.3) is 38.4 Å². The van der Waals surface area contributed by atoms with Crippen molar-refractivity contribution < 1.29 is 18.3 Å². The van der Waals surface area contributed by atoms with E-state index in [-0.39, 0.29) is 11.3 Å². The third kappa shape index (κ3) is 6.28. The number of rotatable bonds is 4. The highest BCUT2D eigenvalue weighted by molar-refractivity contribution is 5.97. The Morgan fingerprint density at radius 3 is 2.44 bits per heavy atom. The summed E-state index contributed by atoms with van der Waals surface area (Å²) in [6.07, 6.45) is 6.87. The molecule has 0 atom stereocenters. The number of phenolic OH excluding ortho intramolecular Hbond substituents is 1. The third-order valence-corrected chi connectivity index (χ3v) is 9.28. The summed E-state index contributed by atoms with van der Waals surface area (Å²) in [5.41, 5.74) is 8.88. The van der Waals surface area contributed by atoms with E-state index in [1.54, 1.807) is 24.3 Å². The number of halogens is 3. The van der Waals surface area contributed by atoms with Crippen LogP contribution in [-0.4, -0.2) is 15.1 Å². The van der Waals surface area contributed by atoms with Crippen LogP contribution in [0.15, 0.2) is 126 Å². The number of nitrogens with one attached hydrogen (secondary N) is 1. The minimum absolute atomic E-state index is 0.0874. The SMILES string of the molecule is O=c1[nH]cnc2ccccc12.Oc1ccccc1-c1cc2ccc3c(c2cc1CCc1cccc(C(F)(F)F)c1)CCC1=C3C=CCC1. The zero-order valence-electron chi connectivity index (χ0n) is 26.1.